The molecule has 0 saturated carbocycles. The lowest BCUT2D eigenvalue weighted by Crippen LogP contribution is -1.93. The van der Waals surface area contributed by atoms with E-state index in [9.17, 15) is 14.5 Å². The highest BCUT2D eigenvalue weighted by atomic mass is 19.1. The minimum absolute atomic E-state index is 0.495. The molecule has 0 amide bonds. The van der Waals surface area contributed by atoms with Crippen molar-refractivity contribution in [1.29, 1.82) is 0 Å². The van der Waals surface area contributed by atoms with Gasteiger partial charge in [-0.1, -0.05) is 0 Å². The number of aromatic nitrogens is 2. The monoisotopic (exact) mass is 235 g/mol. The quantitative estimate of drug-likeness (QED) is 0.642. The van der Waals surface area contributed by atoms with Gasteiger partial charge >= 0.3 is 5.69 Å². The summed E-state index contributed by atoms with van der Waals surface area (Å²) in [6.45, 7) is 3.68. The van der Waals surface area contributed by atoms with Crippen LogP contribution < -0.4 is 0 Å². The predicted octanol–water partition coefficient (Wildman–Crippen LogP) is 2.74. The van der Waals surface area contributed by atoms with Gasteiger partial charge in [-0.05, 0) is 26.0 Å². The lowest BCUT2D eigenvalue weighted by atomic mass is 10.2. The number of rotatable bonds is 2. The van der Waals surface area contributed by atoms with Crippen molar-refractivity contribution in [3.63, 3.8) is 0 Å². The second-order valence-corrected chi connectivity index (χ2v) is 3.72. The standard InChI is InChI=1S/C11H10FN3O2/c1-6-7(2)14-11(13-6)8-3-4-9(12)10(5-8)15(16)17/h3-5H,1-2H3,(H,13,14). The molecular weight excluding hydrogens is 225 g/mol. The largest absolute Gasteiger partial charge is 0.342 e. The number of hydrogen-bond acceptors (Lipinski definition) is 3. The number of hydrogen-bond donors (Lipinski definition) is 1. The second kappa shape index (κ2) is 3.97. The third kappa shape index (κ3) is 2.01. The Bertz CT molecular complexity index is 573. The lowest BCUT2D eigenvalue weighted by Gasteiger charge is -1.98. The van der Waals surface area contributed by atoms with E-state index in [1.165, 1.54) is 12.1 Å². The topological polar surface area (TPSA) is 71.8 Å². The zero-order valence-corrected chi connectivity index (χ0v) is 9.32. The Morgan fingerprint density at radius 2 is 2.12 bits per heavy atom. The summed E-state index contributed by atoms with van der Waals surface area (Å²) in [7, 11) is 0. The van der Waals surface area contributed by atoms with Crippen molar-refractivity contribution in [2.45, 2.75) is 13.8 Å². The van der Waals surface area contributed by atoms with Crippen LogP contribution in [0, 0.1) is 29.8 Å². The Kier molecular flexibility index (Phi) is 2.63. The summed E-state index contributed by atoms with van der Waals surface area (Å²) in [6.07, 6.45) is 0. The summed E-state index contributed by atoms with van der Waals surface area (Å²) >= 11 is 0. The number of benzene rings is 1. The maximum atomic E-state index is 13.1. The molecule has 88 valence electrons. The van der Waals surface area contributed by atoms with Crippen molar-refractivity contribution in [3.05, 3.63) is 45.5 Å². The summed E-state index contributed by atoms with van der Waals surface area (Å²) in [5.74, 6) is -0.346. The van der Waals surface area contributed by atoms with Crippen LogP contribution in [-0.2, 0) is 0 Å². The fourth-order valence-electron chi connectivity index (χ4n) is 1.48. The molecule has 0 atom stereocenters. The van der Waals surface area contributed by atoms with Crippen molar-refractivity contribution >= 4 is 5.69 Å². The maximum absolute atomic E-state index is 13.1. The minimum Gasteiger partial charge on any atom is -0.342 e. The first-order chi connectivity index (χ1) is 7.99. The number of nitro benzene ring substituents is 1. The van der Waals surface area contributed by atoms with Crippen LogP contribution in [0.15, 0.2) is 18.2 Å². The van der Waals surface area contributed by atoms with Crippen molar-refractivity contribution in [2.24, 2.45) is 0 Å². The summed E-state index contributed by atoms with van der Waals surface area (Å²) in [5.41, 5.74) is 1.64. The molecular formula is C11H10FN3O2. The first-order valence-electron chi connectivity index (χ1n) is 4.96. The minimum atomic E-state index is -0.848. The van der Waals surface area contributed by atoms with Gasteiger partial charge in [0.25, 0.3) is 0 Å². The normalized spacial score (nSPS) is 10.5. The van der Waals surface area contributed by atoms with Gasteiger partial charge in [-0.25, -0.2) is 4.98 Å². The molecule has 0 aliphatic rings. The van der Waals surface area contributed by atoms with E-state index in [0.717, 1.165) is 17.5 Å². The maximum Gasteiger partial charge on any atom is 0.305 e. The number of imidazole rings is 1. The molecule has 2 aromatic rings. The van der Waals surface area contributed by atoms with Crippen molar-refractivity contribution in [1.82, 2.24) is 9.97 Å². The van der Waals surface area contributed by atoms with E-state index in [-0.39, 0.29) is 0 Å². The lowest BCUT2D eigenvalue weighted by molar-refractivity contribution is -0.387. The van der Waals surface area contributed by atoms with Crippen LogP contribution in [0.25, 0.3) is 11.4 Å². The molecule has 5 nitrogen and oxygen atoms in total. The molecule has 1 N–H and O–H groups in total. The Morgan fingerprint density at radius 1 is 1.41 bits per heavy atom. The molecule has 1 aromatic heterocycles. The van der Waals surface area contributed by atoms with Gasteiger partial charge in [-0.2, -0.15) is 4.39 Å². The van der Waals surface area contributed by atoms with E-state index in [1.54, 1.807) is 0 Å². The molecule has 17 heavy (non-hydrogen) atoms. The second-order valence-electron chi connectivity index (χ2n) is 3.72. The highest BCUT2D eigenvalue weighted by Gasteiger charge is 2.16. The molecule has 1 aromatic carbocycles. The molecule has 0 fully saturated rings. The smallest absolute Gasteiger partial charge is 0.305 e. The molecule has 0 unspecified atom stereocenters. The fourth-order valence-corrected chi connectivity index (χ4v) is 1.48. The highest BCUT2D eigenvalue weighted by molar-refractivity contribution is 5.60. The summed E-state index contributed by atoms with van der Waals surface area (Å²) in [6, 6.07) is 3.70. The number of nitro groups is 1. The first-order valence-corrected chi connectivity index (χ1v) is 4.96. The molecule has 0 radical (unpaired) electrons. The SMILES string of the molecule is Cc1nc(-c2ccc(F)c([N+](=O)[O-])c2)[nH]c1C. The Balaban J connectivity index is 2.53. The zero-order chi connectivity index (χ0) is 12.6. The number of aromatic amines is 1. The number of halogens is 1. The number of nitrogens with one attached hydrogen (secondary N) is 1. The van der Waals surface area contributed by atoms with E-state index in [2.05, 4.69) is 9.97 Å². The molecule has 0 bridgehead atoms. The van der Waals surface area contributed by atoms with Gasteiger partial charge in [0, 0.05) is 17.3 Å². The van der Waals surface area contributed by atoms with Crippen molar-refractivity contribution in [2.75, 3.05) is 0 Å². The van der Waals surface area contributed by atoms with E-state index in [0.29, 0.717) is 11.4 Å². The van der Waals surface area contributed by atoms with Crippen LogP contribution in [-0.4, -0.2) is 14.9 Å². The average Bonchev–Trinajstić information content (AvgIpc) is 2.59. The van der Waals surface area contributed by atoms with Crippen LogP contribution in [0.4, 0.5) is 10.1 Å². The molecule has 0 saturated heterocycles. The third-order valence-corrected chi connectivity index (χ3v) is 2.54. The molecule has 1 heterocycles. The van der Waals surface area contributed by atoms with Gasteiger partial charge in [-0.3, -0.25) is 10.1 Å². The van der Waals surface area contributed by atoms with Gasteiger partial charge in [0.05, 0.1) is 10.6 Å². The molecule has 0 aliphatic carbocycles. The van der Waals surface area contributed by atoms with Crippen LogP contribution >= 0.6 is 0 Å². The van der Waals surface area contributed by atoms with Crippen molar-refractivity contribution in [3.8, 4) is 11.4 Å². The van der Waals surface area contributed by atoms with Gasteiger partial charge < -0.3 is 4.98 Å². The van der Waals surface area contributed by atoms with Crippen LogP contribution in [0.3, 0.4) is 0 Å². The number of nitrogens with zero attached hydrogens (tertiary/aromatic N) is 2. The predicted molar refractivity (Wildman–Crippen MR) is 60.1 cm³/mol. The van der Waals surface area contributed by atoms with Crippen LogP contribution in [0.5, 0.6) is 0 Å². The highest BCUT2D eigenvalue weighted by Crippen LogP contribution is 2.25. The van der Waals surface area contributed by atoms with Gasteiger partial charge in [0.15, 0.2) is 0 Å². The van der Waals surface area contributed by atoms with E-state index in [4.69, 9.17) is 0 Å². The van der Waals surface area contributed by atoms with Crippen molar-refractivity contribution < 1.29 is 9.31 Å². The molecule has 0 aliphatic heterocycles. The number of H-pyrrole nitrogens is 1. The van der Waals surface area contributed by atoms with Gasteiger partial charge in [0.1, 0.15) is 5.82 Å². The van der Waals surface area contributed by atoms with E-state index in [1.807, 2.05) is 13.8 Å². The average molecular weight is 235 g/mol. The fraction of sp³-hybridized carbons (Fsp3) is 0.182. The summed E-state index contributed by atoms with van der Waals surface area (Å²) in [5, 5.41) is 10.6. The first kappa shape index (κ1) is 11.3. The zero-order valence-electron chi connectivity index (χ0n) is 9.32. The van der Waals surface area contributed by atoms with Crippen LogP contribution in [0.1, 0.15) is 11.4 Å². The molecule has 6 heteroatoms. The summed E-state index contributed by atoms with van der Waals surface area (Å²) < 4.78 is 13.1. The Morgan fingerprint density at radius 3 is 2.65 bits per heavy atom. The van der Waals surface area contributed by atoms with Gasteiger partial charge in [-0.15, -0.1) is 0 Å². The summed E-state index contributed by atoms with van der Waals surface area (Å²) in [4.78, 5) is 17.1. The van der Waals surface area contributed by atoms with E-state index >= 15 is 0 Å². The Labute approximate surface area is 96.5 Å². The molecule has 2 rings (SSSR count). The third-order valence-electron chi connectivity index (χ3n) is 2.54. The Hall–Kier alpha value is -2.24. The van der Waals surface area contributed by atoms with Gasteiger partial charge in [0.2, 0.25) is 5.82 Å². The molecule has 0 spiro atoms. The van der Waals surface area contributed by atoms with E-state index < -0.39 is 16.4 Å². The van der Waals surface area contributed by atoms with Crippen LogP contribution in [0.2, 0.25) is 0 Å². The number of aryl methyl sites for hydroxylation is 2.